The van der Waals surface area contributed by atoms with Gasteiger partial charge in [-0.1, -0.05) is 6.92 Å². The Bertz CT molecular complexity index is 167. The van der Waals surface area contributed by atoms with Crippen molar-refractivity contribution in [1.82, 2.24) is 4.90 Å². The van der Waals surface area contributed by atoms with E-state index in [1.165, 1.54) is 6.42 Å². The first-order valence-corrected chi connectivity index (χ1v) is 5.06. The molecule has 0 N–H and O–H groups in total. The molecule has 2 saturated heterocycles. The molecule has 3 unspecified atom stereocenters. The van der Waals surface area contributed by atoms with Crippen molar-refractivity contribution >= 4 is 0 Å². The zero-order valence-electron chi connectivity index (χ0n) is 8.29. The topological polar surface area (TPSA) is 12.5 Å². The summed E-state index contributed by atoms with van der Waals surface area (Å²) in [6.45, 7) is 9.16. The van der Waals surface area contributed by atoms with Crippen LogP contribution in [0.1, 0.15) is 27.2 Å². The van der Waals surface area contributed by atoms with Gasteiger partial charge in [0.1, 0.15) is 0 Å². The van der Waals surface area contributed by atoms with Crippen molar-refractivity contribution in [3.05, 3.63) is 0 Å². The summed E-state index contributed by atoms with van der Waals surface area (Å²) in [5.41, 5.74) is 0. The van der Waals surface area contributed by atoms with Crippen molar-refractivity contribution in [3.8, 4) is 0 Å². The van der Waals surface area contributed by atoms with E-state index in [0.717, 1.165) is 19.0 Å². The van der Waals surface area contributed by atoms with E-state index in [2.05, 4.69) is 25.7 Å². The number of likely N-dealkylation sites (tertiary alicyclic amines) is 1. The van der Waals surface area contributed by atoms with Gasteiger partial charge < -0.3 is 4.74 Å². The molecule has 0 aromatic carbocycles. The first-order chi connectivity index (χ1) is 5.66. The maximum atomic E-state index is 5.85. The molecular weight excluding hydrogens is 150 g/mol. The molecule has 2 bridgehead atoms. The fraction of sp³-hybridized carbons (Fsp3) is 1.00. The third-order valence-corrected chi connectivity index (χ3v) is 3.22. The van der Waals surface area contributed by atoms with Gasteiger partial charge in [-0.3, -0.25) is 4.90 Å². The van der Waals surface area contributed by atoms with E-state index in [0.29, 0.717) is 18.2 Å². The van der Waals surface area contributed by atoms with E-state index in [1.54, 1.807) is 0 Å². The lowest BCUT2D eigenvalue weighted by Gasteiger charge is -2.35. The maximum Gasteiger partial charge on any atom is 0.0732 e. The molecule has 2 aliphatic rings. The average Bonchev–Trinajstić information content (AvgIpc) is 2.26. The molecule has 2 nitrogen and oxygen atoms in total. The minimum atomic E-state index is 0.520. The van der Waals surface area contributed by atoms with E-state index in [-0.39, 0.29) is 0 Å². The summed E-state index contributed by atoms with van der Waals surface area (Å²) in [6, 6.07) is 0.684. The van der Waals surface area contributed by atoms with Gasteiger partial charge in [-0.15, -0.1) is 0 Å². The summed E-state index contributed by atoms with van der Waals surface area (Å²) in [5, 5.41) is 0. The van der Waals surface area contributed by atoms with Crippen LogP contribution < -0.4 is 0 Å². The SMILES string of the molecule is CC1CC2CN(C(C)C)CC1O2. The Balaban J connectivity index is 2.01. The summed E-state index contributed by atoms with van der Waals surface area (Å²) < 4.78 is 5.85. The van der Waals surface area contributed by atoms with Crippen LogP contribution in [0.3, 0.4) is 0 Å². The number of nitrogens with zero attached hydrogens (tertiary/aromatic N) is 1. The molecule has 3 atom stereocenters. The minimum Gasteiger partial charge on any atom is -0.372 e. The molecule has 70 valence electrons. The number of hydrogen-bond donors (Lipinski definition) is 0. The number of morpholine rings is 1. The van der Waals surface area contributed by atoms with Crippen molar-refractivity contribution in [2.45, 2.75) is 45.4 Å². The van der Waals surface area contributed by atoms with Crippen LogP contribution in [0, 0.1) is 5.92 Å². The molecule has 0 amide bonds. The van der Waals surface area contributed by atoms with E-state index in [9.17, 15) is 0 Å². The predicted octanol–water partition coefficient (Wildman–Crippen LogP) is 1.50. The van der Waals surface area contributed by atoms with E-state index < -0.39 is 0 Å². The highest BCUT2D eigenvalue weighted by Crippen LogP contribution is 2.31. The summed E-state index contributed by atoms with van der Waals surface area (Å²) in [4.78, 5) is 2.54. The quantitative estimate of drug-likeness (QED) is 0.590. The molecule has 0 aromatic rings. The normalized spacial score (nSPS) is 42.5. The zero-order valence-corrected chi connectivity index (χ0v) is 8.29. The third kappa shape index (κ3) is 1.38. The van der Waals surface area contributed by atoms with Gasteiger partial charge in [0.2, 0.25) is 0 Å². The van der Waals surface area contributed by atoms with E-state index >= 15 is 0 Å². The number of ether oxygens (including phenoxy) is 1. The summed E-state index contributed by atoms with van der Waals surface area (Å²) in [6.07, 6.45) is 2.32. The van der Waals surface area contributed by atoms with Crippen LogP contribution in [-0.4, -0.2) is 36.2 Å². The van der Waals surface area contributed by atoms with Crippen LogP contribution in [0.5, 0.6) is 0 Å². The molecule has 2 heteroatoms. The Morgan fingerprint density at radius 3 is 2.67 bits per heavy atom. The van der Waals surface area contributed by atoms with Crippen LogP contribution in [0.15, 0.2) is 0 Å². The Morgan fingerprint density at radius 2 is 2.08 bits per heavy atom. The van der Waals surface area contributed by atoms with E-state index in [1.807, 2.05) is 0 Å². The second-order valence-electron chi connectivity index (χ2n) is 4.56. The van der Waals surface area contributed by atoms with E-state index in [4.69, 9.17) is 4.74 Å². The van der Waals surface area contributed by atoms with Crippen molar-refractivity contribution in [2.75, 3.05) is 13.1 Å². The van der Waals surface area contributed by atoms with Gasteiger partial charge in [-0.2, -0.15) is 0 Å². The monoisotopic (exact) mass is 169 g/mol. The van der Waals surface area contributed by atoms with Gasteiger partial charge >= 0.3 is 0 Å². The molecule has 0 radical (unpaired) electrons. The lowest BCUT2D eigenvalue weighted by atomic mass is 10.0. The second-order valence-corrected chi connectivity index (χ2v) is 4.56. The van der Waals surface area contributed by atoms with Gasteiger partial charge in [0.25, 0.3) is 0 Å². The molecule has 0 saturated carbocycles. The minimum absolute atomic E-state index is 0.520. The largest absolute Gasteiger partial charge is 0.372 e. The lowest BCUT2D eigenvalue weighted by Crippen LogP contribution is -2.46. The zero-order chi connectivity index (χ0) is 8.72. The van der Waals surface area contributed by atoms with Crippen LogP contribution in [-0.2, 0) is 4.74 Å². The highest BCUT2D eigenvalue weighted by Gasteiger charge is 2.39. The Hall–Kier alpha value is -0.0800. The van der Waals surface area contributed by atoms with Crippen LogP contribution in [0.4, 0.5) is 0 Å². The van der Waals surface area contributed by atoms with Crippen LogP contribution in [0.2, 0.25) is 0 Å². The van der Waals surface area contributed by atoms with Gasteiger partial charge in [0.15, 0.2) is 0 Å². The Morgan fingerprint density at radius 1 is 1.33 bits per heavy atom. The molecule has 12 heavy (non-hydrogen) atoms. The second kappa shape index (κ2) is 3.00. The first-order valence-electron chi connectivity index (χ1n) is 5.06. The highest BCUT2D eigenvalue weighted by atomic mass is 16.5. The van der Waals surface area contributed by atoms with Crippen LogP contribution >= 0.6 is 0 Å². The van der Waals surface area contributed by atoms with Crippen molar-refractivity contribution in [3.63, 3.8) is 0 Å². The van der Waals surface area contributed by atoms with Gasteiger partial charge in [0.05, 0.1) is 12.2 Å². The highest BCUT2D eigenvalue weighted by molar-refractivity contribution is 4.89. The fourth-order valence-corrected chi connectivity index (χ4v) is 2.33. The van der Waals surface area contributed by atoms with Crippen molar-refractivity contribution < 1.29 is 4.74 Å². The van der Waals surface area contributed by atoms with Gasteiger partial charge in [0, 0.05) is 19.1 Å². The molecule has 2 heterocycles. The molecule has 0 aliphatic carbocycles. The van der Waals surface area contributed by atoms with Gasteiger partial charge in [-0.05, 0) is 26.2 Å². The van der Waals surface area contributed by atoms with Crippen LogP contribution in [0.25, 0.3) is 0 Å². The molecule has 2 fully saturated rings. The van der Waals surface area contributed by atoms with Crippen molar-refractivity contribution in [1.29, 1.82) is 0 Å². The summed E-state index contributed by atoms with van der Waals surface area (Å²) >= 11 is 0. The number of fused-ring (bicyclic) bond motifs is 2. The predicted molar refractivity (Wildman–Crippen MR) is 49.2 cm³/mol. The fourth-order valence-electron chi connectivity index (χ4n) is 2.33. The molecular formula is C10H19NO. The smallest absolute Gasteiger partial charge is 0.0732 e. The Labute approximate surface area is 74.9 Å². The van der Waals surface area contributed by atoms with Gasteiger partial charge in [-0.25, -0.2) is 0 Å². The molecule has 2 rings (SSSR count). The third-order valence-electron chi connectivity index (χ3n) is 3.22. The number of hydrogen-bond acceptors (Lipinski definition) is 2. The van der Waals surface area contributed by atoms with Crippen molar-refractivity contribution in [2.24, 2.45) is 5.92 Å². The molecule has 0 spiro atoms. The maximum absolute atomic E-state index is 5.85. The first kappa shape index (κ1) is 8.52. The summed E-state index contributed by atoms with van der Waals surface area (Å²) in [5.74, 6) is 0.777. The summed E-state index contributed by atoms with van der Waals surface area (Å²) in [7, 11) is 0. The average molecular weight is 169 g/mol. The standard InChI is InChI=1S/C10H19NO/c1-7(2)11-5-9-4-8(3)10(6-11)12-9/h7-10H,4-6H2,1-3H3. The number of rotatable bonds is 1. The Kier molecular flexibility index (Phi) is 2.13. The molecule has 0 aromatic heterocycles. The molecule has 2 aliphatic heterocycles. The lowest BCUT2D eigenvalue weighted by molar-refractivity contribution is -0.0544.